The van der Waals surface area contributed by atoms with Gasteiger partial charge in [0.2, 0.25) is 0 Å². The van der Waals surface area contributed by atoms with Gasteiger partial charge in [-0.15, -0.1) is 0 Å². The van der Waals surface area contributed by atoms with Crippen molar-refractivity contribution in [3.05, 3.63) is 47.6 Å². The fourth-order valence-electron chi connectivity index (χ4n) is 2.18. The monoisotopic (exact) mass is 335 g/mol. The van der Waals surface area contributed by atoms with E-state index in [9.17, 15) is 0 Å². The van der Waals surface area contributed by atoms with Crippen LogP contribution in [0.4, 0.5) is 0 Å². The average Bonchev–Trinajstić information content (AvgIpc) is 2.72. The Morgan fingerprint density at radius 3 is 2.95 bits per heavy atom. The third-order valence-electron chi connectivity index (χ3n) is 3.41. The van der Waals surface area contributed by atoms with E-state index in [1.807, 2.05) is 32.5 Å². The first-order valence-electron chi connectivity index (χ1n) is 7.51. The third-order valence-corrected chi connectivity index (χ3v) is 4.94. The predicted molar refractivity (Wildman–Crippen MR) is 96.7 cm³/mol. The van der Waals surface area contributed by atoms with E-state index in [1.165, 1.54) is 0 Å². The van der Waals surface area contributed by atoms with Crippen LogP contribution in [0.2, 0.25) is 0 Å². The largest absolute Gasteiger partial charge is 0.328 e. The van der Waals surface area contributed by atoms with Crippen LogP contribution in [0.25, 0.3) is 0 Å². The Morgan fingerprint density at radius 1 is 1.36 bits per heavy atom. The van der Waals surface area contributed by atoms with Crippen LogP contribution >= 0.6 is 23.4 Å². The minimum absolute atomic E-state index is 0.269. The van der Waals surface area contributed by atoms with Crippen LogP contribution in [0.15, 0.2) is 51.9 Å². The maximum atomic E-state index is 6.06. The van der Waals surface area contributed by atoms with Gasteiger partial charge in [-0.1, -0.05) is 54.6 Å². The molecule has 0 saturated carbocycles. The molecule has 118 valence electrons. The van der Waals surface area contributed by atoms with E-state index in [-0.39, 0.29) is 5.92 Å². The van der Waals surface area contributed by atoms with Gasteiger partial charge in [-0.3, -0.25) is 4.99 Å². The molecule has 0 amide bonds. The number of aryl methyl sites for hydroxylation is 1. The van der Waals surface area contributed by atoms with Crippen molar-refractivity contribution >= 4 is 28.4 Å². The van der Waals surface area contributed by atoms with Gasteiger partial charge in [0.15, 0.2) is 0 Å². The Labute approximate surface area is 141 Å². The lowest BCUT2D eigenvalue weighted by molar-refractivity contribution is 0.796. The van der Waals surface area contributed by atoms with Gasteiger partial charge in [-0.2, -0.15) is 0 Å². The molecule has 0 aromatic carbocycles. The molecule has 5 heteroatoms. The molecule has 1 aliphatic rings. The second-order valence-corrected chi connectivity index (χ2v) is 6.85. The highest BCUT2D eigenvalue weighted by Crippen LogP contribution is 2.31. The lowest BCUT2D eigenvalue weighted by Crippen LogP contribution is -1.99. The van der Waals surface area contributed by atoms with Crippen LogP contribution in [-0.2, 0) is 7.05 Å². The van der Waals surface area contributed by atoms with E-state index in [1.54, 1.807) is 18.0 Å². The molecule has 1 aromatic rings. The van der Waals surface area contributed by atoms with Crippen LogP contribution in [-0.4, -0.2) is 14.6 Å². The lowest BCUT2D eigenvalue weighted by Gasteiger charge is -2.09. The van der Waals surface area contributed by atoms with Crippen LogP contribution in [0, 0.1) is 0 Å². The molecule has 0 bridgehead atoms. The van der Waals surface area contributed by atoms with E-state index >= 15 is 0 Å². The first kappa shape index (κ1) is 17.1. The van der Waals surface area contributed by atoms with Crippen molar-refractivity contribution in [2.45, 2.75) is 44.1 Å². The van der Waals surface area contributed by atoms with Gasteiger partial charge in [-0.05, 0) is 26.2 Å². The summed E-state index contributed by atoms with van der Waals surface area (Å²) >= 11 is 7.77. The first-order valence-corrected chi connectivity index (χ1v) is 8.71. The van der Waals surface area contributed by atoms with Crippen molar-refractivity contribution in [1.29, 1.82) is 0 Å². The number of allylic oxidation sites excluding steroid dienone is 5. The maximum Gasteiger partial charge on any atom is 0.104 e. The summed E-state index contributed by atoms with van der Waals surface area (Å²) in [6.07, 6.45) is 14.9. The zero-order valence-corrected chi connectivity index (χ0v) is 14.9. The summed E-state index contributed by atoms with van der Waals surface area (Å²) in [6, 6.07) is 0. The van der Waals surface area contributed by atoms with E-state index in [0.29, 0.717) is 0 Å². The van der Waals surface area contributed by atoms with Gasteiger partial charge in [0, 0.05) is 24.2 Å². The minimum Gasteiger partial charge on any atom is -0.328 e. The zero-order valence-electron chi connectivity index (χ0n) is 13.3. The van der Waals surface area contributed by atoms with E-state index in [2.05, 4.69) is 33.6 Å². The highest BCUT2D eigenvalue weighted by Gasteiger charge is 2.17. The van der Waals surface area contributed by atoms with Gasteiger partial charge in [-0.25, -0.2) is 4.98 Å². The smallest absolute Gasteiger partial charge is 0.104 e. The highest BCUT2D eigenvalue weighted by molar-refractivity contribution is 8.14. The van der Waals surface area contributed by atoms with Gasteiger partial charge >= 0.3 is 0 Å². The summed E-state index contributed by atoms with van der Waals surface area (Å²) in [5.74, 6) is 0.269. The van der Waals surface area contributed by atoms with Crippen molar-refractivity contribution < 1.29 is 0 Å². The molecular formula is C17H22ClN3S. The van der Waals surface area contributed by atoms with Crippen LogP contribution in [0.3, 0.4) is 0 Å². The molecule has 1 atom stereocenters. The number of hydrogen-bond acceptors (Lipinski definition) is 3. The number of halogens is 1. The number of nitrogens with zero attached hydrogens (tertiary/aromatic N) is 3. The summed E-state index contributed by atoms with van der Waals surface area (Å²) in [5.41, 5.74) is 1.09. The first-order chi connectivity index (χ1) is 10.6. The molecule has 2 rings (SSSR count). The second kappa shape index (κ2) is 8.39. The summed E-state index contributed by atoms with van der Waals surface area (Å²) in [6.45, 7) is 4.18. The molecule has 0 spiro atoms. The zero-order chi connectivity index (χ0) is 15.9. The van der Waals surface area contributed by atoms with E-state index in [4.69, 9.17) is 11.6 Å². The second-order valence-electron chi connectivity index (χ2n) is 5.30. The Kier molecular flexibility index (Phi) is 6.52. The van der Waals surface area contributed by atoms with Crippen LogP contribution in [0.5, 0.6) is 0 Å². The lowest BCUT2D eigenvalue weighted by atomic mass is 10.1. The minimum atomic E-state index is 0.269. The Bertz CT molecular complexity index is 626. The molecule has 0 aliphatic carbocycles. The SMILES string of the molecule is CC=CC=CC(C)c1ncn(C)c1SC1=NC=C(Cl)CCC1. The Morgan fingerprint density at radius 2 is 2.18 bits per heavy atom. The van der Waals surface area contributed by atoms with Crippen molar-refractivity contribution in [2.75, 3.05) is 0 Å². The molecule has 0 radical (unpaired) electrons. The van der Waals surface area contributed by atoms with Crippen molar-refractivity contribution in [2.24, 2.45) is 12.0 Å². The summed E-state index contributed by atoms with van der Waals surface area (Å²) in [7, 11) is 2.03. The maximum absolute atomic E-state index is 6.06. The molecule has 1 unspecified atom stereocenters. The molecule has 1 aromatic heterocycles. The average molecular weight is 336 g/mol. The number of rotatable bonds is 4. The number of hydrogen-bond donors (Lipinski definition) is 0. The number of aromatic nitrogens is 2. The van der Waals surface area contributed by atoms with Crippen molar-refractivity contribution in [3.63, 3.8) is 0 Å². The topological polar surface area (TPSA) is 30.2 Å². The quantitative estimate of drug-likeness (QED) is 0.688. The predicted octanol–water partition coefficient (Wildman–Crippen LogP) is 5.41. The van der Waals surface area contributed by atoms with Crippen molar-refractivity contribution in [1.82, 2.24) is 9.55 Å². The molecule has 1 aliphatic heterocycles. The molecule has 0 saturated heterocycles. The van der Waals surface area contributed by atoms with Crippen LogP contribution in [0.1, 0.15) is 44.7 Å². The van der Waals surface area contributed by atoms with Gasteiger partial charge < -0.3 is 4.57 Å². The Hall–Kier alpha value is -1.26. The normalized spacial score (nSPS) is 17.6. The fraction of sp³-hybridized carbons (Fsp3) is 0.412. The number of thioether (sulfide) groups is 1. The number of aliphatic imine (C=N–C) groups is 1. The van der Waals surface area contributed by atoms with Gasteiger partial charge in [0.05, 0.1) is 17.1 Å². The highest BCUT2D eigenvalue weighted by atomic mass is 35.5. The molecule has 0 fully saturated rings. The molecule has 2 heterocycles. The Balaban J connectivity index is 2.19. The van der Waals surface area contributed by atoms with Gasteiger partial charge in [0.25, 0.3) is 0 Å². The molecular weight excluding hydrogens is 314 g/mol. The molecule has 22 heavy (non-hydrogen) atoms. The van der Waals surface area contributed by atoms with Crippen LogP contribution < -0.4 is 0 Å². The fourth-order valence-corrected chi connectivity index (χ4v) is 3.47. The number of imidazole rings is 1. The van der Waals surface area contributed by atoms with E-state index in [0.717, 1.165) is 40.1 Å². The summed E-state index contributed by atoms with van der Waals surface area (Å²) in [4.78, 5) is 9.08. The molecule has 0 N–H and O–H groups in total. The third kappa shape index (κ3) is 4.62. The van der Waals surface area contributed by atoms with E-state index < -0.39 is 0 Å². The standard InChI is InChI=1S/C17H22ClN3S/c1-4-5-6-8-13(2)16-17(21(3)12-20-16)22-15-10-7-9-14(18)11-19-15/h4-6,8,11-13H,7,9-10H2,1-3H3. The summed E-state index contributed by atoms with van der Waals surface area (Å²) in [5, 5.41) is 3.09. The molecule has 3 nitrogen and oxygen atoms in total. The summed E-state index contributed by atoms with van der Waals surface area (Å²) < 4.78 is 2.07. The van der Waals surface area contributed by atoms with Gasteiger partial charge in [0.1, 0.15) is 5.03 Å². The van der Waals surface area contributed by atoms with Crippen molar-refractivity contribution in [3.8, 4) is 0 Å².